The highest BCUT2D eigenvalue weighted by atomic mass is 16.2. The fraction of sp³-hybridized carbons (Fsp3) is 0.400. The van der Waals surface area contributed by atoms with Gasteiger partial charge in [-0.15, -0.1) is 0 Å². The van der Waals surface area contributed by atoms with E-state index in [0.717, 1.165) is 22.6 Å². The van der Waals surface area contributed by atoms with E-state index in [2.05, 4.69) is 25.9 Å². The van der Waals surface area contributed by atoms with Gasteiger partial charge in [0.2, 0.25) is 11.8 Å². The average Bonchev–Trinajstić information content (AvgIpc) is 2.83. The minimum Gasteiger partial charge on any atom is -0.364 e. The van der Waals surface area contributed by atoms with Gasteiger partial charge in [-0.2, -0.15) is 0 Å². The quantitative estimate of drug-likeness (QED) is 0.336. The van der Waals surface area contributed by atoms with Crippen LogP contribution in [0.4, 0.5) is 11.5 Å². The van der Waals surface area contributed by atoms with Gasteiger partial charge in [0.15, 0.2) is 11.5 Å². The fourth-order valence-electron chi connectivity index (χ4n) is 3.33. The second-order valence-corrected chi connectivity index (χ2v) is 8.12. The number of nitrogens with two attached hydrogens (primary N) is 1. The molecule has 188 valence electrons. The maximum absolute atomic E-state index is 12.5. The number of carbonyl (C=O) groups excluding carboxylic acids is 3. The molecule has 0 aliphatic carbocycles. The van der Waals surface area contributed by atoms with Gasteiger partial charge in [0.1, 0.15) is 6.04 Å². The summed E-state index contributed by atoms with van der Waals surface area (Å²) in [5, 5.41) is 8.93. The lowest BCUT2D eigenvalue weighted by atomic mass is 10.1. The van der Waals surface area contributed by atoms with Crippen LogP contribution in [0.1, 0.15) is 41.3 Å². The number of likely N-dealkylation sites (N-methyl/N-ethyl adjacent to an activating group) is 2. The van der Waals surface area contributed by atoms with Gasteiger partial charge in [0.25, 0.3) is 5.91 Å². The van der Waals surface area contributed by atoms with Gasteiger partial charge >= 0.3 is 0 Å². The second-order valence-electron chi connectivity index (χ2n) is 8.12. The number of primary amides is 1. The molecule has 35 heavy (non-hydrogen) atoms. The summed E-state index contributed by atoms with van der Waals surface area (Å²) in [4.78, 5) is 46.8. The first-order valence-corrected chi connectivity index (χ1v) is 11.6. The Kier molecular flexibility index (Phi) is 10.3. The van der Waals surface area contributed by atoms with Gasteiger partial charge in [0, 0.05) is 31.9 Å². The molecule has 2 rings (SSSR count). The molecular weight excluding hydrogens is 446 g/mol. The van der Waals surface area contributed by atoms with Crippen LogP contribution >= 0.6 is 0 Å². The van der Waals surface area contributed by atoms with E-state index in [9.17, 15) is 14.4 Å². The van der Waals surface area contributed by atoms with Crippen LogP contribution in [0.25, 0.3) is 0 Å². The molecule has 10 heteroatoms. The van der Waals surface area contributed by atoms with Gasteiger partial charge < -0.3 is 26.6 Å². The van der Waals surface area contributed by atoms with E-state index in [1.54, 1.807) is 27.1 Å². The number of nitrogens with zero attached hydrogens (tertiary/aromatic N) is 3. The number of aryl methyl sites for hydroxylation is 2. The summed E-state index contributed by atoms with van der Waals surface area (Å²) in [5.74, 6) is -0.807. The lowest BCUT2D eigenvalue weighted by Gasteiger charge is -2.23. The molecule has 1 atom stereocenters. The van der Waals surface area contributed by atoms with Crippen LogP contribution in [0.3, 0.4) is 0 Å². The number of hydrogen-bond donors (Lipinski definition) is 4. The third-order valence-electron chi connectivity index (χ3n) is 5.53. The largest absolute Gasteiger partial charge is 0.364 e. The van der Waals surface area contributed by atoms with Crippen molar-refractivity contribution in [3.63, 3.8) is 0 Å². The van der Waals surface area contributed by atoms with Gasteiger partial charge in [-0.25, -0.2) is 9.97 Å². The van der Waals surface area contributed by atoms with Gasteiger partial charge in [-0.05, 0) is 51.4 Å². The van der Waals surface area contributed by atoms with E-state index in [0.29, 0.717) is 31.7 Å². The van der Waals surface area contributed by atoms with Crippen molar-refractivity contribution < 1.29 is 14.4 Å². The first-order chi connectivity index (χ1) is 16.7. The van der Waals surface area contributed by atoms with E-state index >= 15 is 0 Å². The molecule has 0 fully saturated rings. The van der Waals surface area contributed by atoms with Gasteiger partial charge in [-0.3, -0.25) is 14.4 Å². The molecule has 1 aromatic carbocycles. The van der Waals surface area contributed by atoms with E-state index < -0.39 is 11.9 Å². The molecule has 1 heterocycles. The van der Waals surface area contributed by atoms with Crippen LogP contribution in [0.5, 0.6) is 0 Å². The summed E-state index contributed by atoms with van der Waals surface area (Å²) in [6.45, 7) is 6.45. The maximum atomic E-state index is 12.5. The Morgan fingerprint density at radius 2 is 1.97 bits per heavy atom. The standard InChI is InChI=1S/C25H35N7O3/c1-6-20-16(2)29-24(22(31-20)23(26)34)30-19-10-7-9-18(15-19)12-14-28-25(35)17(3)32(5)21(33)11-8-13-27-4/h7-11,15,17,27H,6,12-14H2,1-5H3,(H2,26,34)(H,28,35)(H,29,30)/b11-8+/t17-/m0/s1. The van der Waals surface area contributed by atoms with Crippen LogP contribution < -0.4 is 21.7 Å². The Bertz CT molecular complexity index is 1080. The summed E-state index contributed by atoms with van der Waals surface area (Å²) < 4.78 is 0. The van der Waals surface area contributed by atoms with Crippen LogP contribution in [0.2, 0.25) is 0 Å². The zero-order chi connectivity index (χ0) is 26.0. The summed E-state index contributed by atoms with van der Waals surface area (Å²) in [5.41, 5.74) is 8.75. The van der Waals surface area contributed by atoms with E-state index in [1.165, 1.54) is 11.0 Å². The molecule has 2 aromatic rings. The molecule has 0 spiro atoms. The number of anilines is 2. The number of amides is 3. The summed E-state index contributed by atoms with van der Waals surface area (Å²) in [6, 6.07) is 6.97. The second kappa shape index (κ2) is 13.2. The molecule has 0 saturated heterocycles. The Morgan fingerprint density at radius 1 is 1.23 bits per heavy atom. The summed E-state index contributed by atoms with van der Waals surface area (Å²) >= 11 is 0. The Balaban J connectivity index is 1.99. The molecule has 0 aliphatic heterocycles. The smallest absolute Gasteiger partial charge is 0.271 e. The Hall–Kier alpha value is -3.79. The van der Waals surface area contributed by atoms with Crippen molar-refractivity contribution in [2.75, 3.05) is 32.5 Å². The highest BCUT2D eigenvalue weighted by Crippen LogP contribution is 2.20. The van der Waals surface area contributed by atoms with E-state index in [4.69, 9.17) is 5.73 Å². The zero-order valence-corrected chi connectivity index (χ0v) is 21.0. The molecule has 1 aromatic heterocycles. The minimum atomic E-state index is -0.649. The third kappa shape index (κ3) is 7.89. The summed E-state index contributed by atoms with van der Waals surface area (Å²) in [6.07, 6.45) is 4.39. The predicted octanol–water partition coefficient (Wildman–Crippen LogP) is 1.47. The van der Waals surface area contributed by atoms with Crippen molar-refractivity contribution in [1.29, 1.82) is 0 Å². The van der Waals surface area contributed by atoms with Crippen molar-refractivity contribution >= 4 is 29.2 Å². The normalized spacial score (nSPS) is 11.8. The molecule has 0 unspecified atom stereocenters. The maximum Gasteiger partial charge on any atom is 0.271 e. The number of hydrogen-bond acceptors (Lipinski definition) is 7. The van der Waals surface area contributed by atoms with Crippen LogP contribution in [0.15, 0.2) is 36.4 Å². The van der Waals surface area contributed by atoms with E-state index in [-0.39, 0.29) is 17.5 Å². The number of carbonyl (C=O) groups is 3. The van der Waals surface area contributed by atoms with Crippen LogP contribution in [-0.2, 0) is 22.4 Å². The molecule has 3 amide bonds. The Morgan fingerprint density at radius 3 is 2.63 bits per heavy atom. The van der Waals surface area contributed by atoms with Crippen molar-refractivity contribution in [2.45, 2.75) is 39.7 Å². The molecule has 0 bridgehead atoms. The predicted molar refractivity (Wildman–Crippen MR) is 136 cm³/mol. The monoisotopic (exact) mass is 481 g/mol. The highest BCUT2D eigenvalue weighted by Gasteiger charge is 2.20. The average molecular weight is 482 g/mol. The molecule has 0 saturated carbocycles. The van der Waals surface area contributed by atoms with Gasteiger partial charge in [-0.1, -0.05) is 25.1 Å². The number of benzene rings is 1. The Labute approximate surface area is 206 Å². The first kappa shape index (κ1) is 27.5. The SMILES string of the molecule is CCc1nc(C(N)=O)c(Nc2cccc(CCNC(=O)[C@H](C)N(C)C(=O)/C=C/CNC)c2)nc1C. The van der Waals surface area contributed by atoms with E-state index in [1.807, 2.05) is 38.1 Å². The first-order valence-electron chi connectivity index (χ1n) is 11.6. The zero-order valence-electron chi connectivity index (χ0n) is 21.0. The van der Waals surface area contributed by atoms with Crippen molar-refractivity contribution in [3.05, 3.63) is 59.1 Å². The summed E-state index contributed by atoms with van der Waals surface area (Å²) in [7, 11) is 3.39. The number of aromatic nitrogens is 2. The molecule has 0 aliphatic rings. The highest BCUT2D eigenvalue weighted by molar-refractivity contribution is 5.96. The topological polar surface area (TPSA) is 142 Å². The van der Waals surface area contributed by atoms with Crippen LogP contribution in [0, 0.1) is 6.92 Å². The number of nitrogens with one attached hydrogen (secondary N) is 3. The number of rotatable bonds is 12. The molecule has 10 nitrogen and oxygen atoms in total. The molecular formula is C25H35N7O3. The van der Waals surface area contributed by atoms with Crippen molar-refractivity contribution in [2.24, 2.45) is 5.73 Å². The van der Waals surface area contributed by atoms with Crippen LogP contribution in [-0.4, -0.2) is 65.8 Å². The lowest BCUT2D eigenvalue weighted by molar-refractivity contribution is -0.135. The van der Waals surface area contributed by atoms with Crippen molar-refractivity contribution in [3.8, 4) is 0 Å². The molecule has 5 N–H and O–H groups in total. The molecule has 0 radical (unpaired) electrons. The minimum absolute atomic E-state index is 0.0959. The van der Waals surface area contributed by atoms with Gasteiger partial charge in [0.05, 0.1) is 11.4 Å². The lowest BCUT2D eigenvalue weighted by Crippen LogP contribution is -2.45. The van der Waals surface area contributed by atoms with Crippen molar-refractivity contribution in [1.82, 2.24) is 25.5 Å². The fourth-order valence-corrected chi connectivity index (χ4v) is 3.33. The third-order valence-corrected chi connectivity index (χ3v) is 5.53.